The van der Waals surface area contributed by atoms with Gasteiger partial charge in [-0.3, -0.25) is 4.79 Å². The largest absolute Gasteiger partial charge is 0.508 e. The molecule has 0 spiro atoms. The Hall–Kier alpha value is -2.53. The van der Waals surface area contributed by atoms with E-state index in [9.17, 15) is 9.90 Å². The fourth-order valence-electron chi connectivity index (χ4n) is 1.54. The van der Waals surface area contributed by atoms with Crippen molar-refractivity contribution in [3.05, 3.63) is 64.7 Å². The van der Waals surface area contributed by atoms with Crippen LogP contribution in [0.4, 0.5) is 0 Å². The van der Waals surface area contributed by atoms with Gasteiger partial charge in [0.15, 0.2) is 6.29 Å². The number of carbonyl (C=O) groups is 1. The highest BCUT2D eigenvalue weighted by Crippen LogP contribution is 2.16. The summed E-state index contributed by atoms with van der Waals surface area (Å²) in [6, 6.07) is 12.4. The summed E-state index contributed by atoms with van der Waals surface area (Å²) in [7, 11) is 0. The van der Waals surface area contributed by atoms with E-state index < -0.39 is 0 Å². The Labute approximate surface area is 106 Å². The highest BCUT2D eigenvalue weighted by molar-refractivity contribution is 5.79. The third-order valence-corrected chi connectivity index (χ3v) is 2.64. The van der Waals surface area contributed by atoms with Gasteiger partial charge in [-0.25, -0.2) is 0 Å². The molecule has 2 heteroatoms. The van der Waals surface area contributed by atoms with Crippen LogP contribution in [0.1, 0.15) is 27.0 Å². The standard InChI is InChI=1S/C16H12O2/c1-12-6-7-13(10-16(12)18)8-9-14-4-2-3-5-15(14)11-17/h2-7,10-11,18H,1H3. The summed E-state index contributed by atoms with van der Waals surface area (Å²) in [6.45, 7) is 1.83. The number of hydrogen-bond donors (Lipinski definition) is 1. The number of phenolic OH excluding ortho intramolecular Hbond substituents is 1. The molecule has 2 rings (SSSR count). The lowest BCUT2D eigenvalue weighted by molar-refractivity contribution is 0.112. The average Bonchev–Trinajstić information content (AvgIpc) is 2.40. The van der Waals surface area contributed by atoms with E-state index in [2.05, 4.69) is 11.8 Å². The summed E-state index contributed by atoms with van der Waals surface area (Å²) in [5.74, 6) is 6.10. The first-order valence-corrected chi connectivity index (χ1v) is 5.56. The van der Waals surface area contributed by atoms with Crippen molar-refractivity contribution < 1.29 is 9.90 Å². The van der Waals surface area contributed by atoms with Crippen LogP contribution < -0.4 is 0 Å². The Bertz CT molecular complexity index is 646. The number of hydrogen-bond acceptors (Lipinski definition) is 2. The molecule has 0 aliphatic heterocycles. The molecule has 0 bridgehead atoms. The van der Waals surface area contributed by atoms with E-state index in [4.69, 9.17) is 0 Å². The van der Waals surface area contributed by atoms with Crippen molar-refractivity contribution in [2.24, 2.45) is 0 Å². The summed E-state index contributed by atoms with van der Waals surface area (Å²) in [4.78, 5) is 10.8. The van der Waals surface area contributed by atoms with Crippen LogP contribution in [0.3, 0.4) is 0 Å². The topological polar surface area (TPSA) is 37.3 Å². The van der Waals surface area contributed by atoms with Crippen LogP contribution in [0, 0.1) is 18.8 Å². The Morgan fingerprint density at radius 3 is 2.61 bits per heavy atom. The SMILES string of the molecule is Cc1ccc(C#Cc2ccccc2C=O)cc1O. The predicted octanol–water partition coefficient (Wildman–Crippen LogP) is 2.91. The van der Waals surface area contributed by atoms with Crippen LogP contribution in [0.2, 0.25) is 0 Å². The molecule has 0 aliphatic rings. The van der Waals surface area contributed by atoms with Crippen molar-refractivity contribution in [1.29, 1.82) is 0 Å². The third kappa shape index (κ3) is 2.58. The number of benzene rings is 2. The predicted molar refractivity (Wildman–Crippen MR) is 70.7 cm³/mol. The molecule has 0 aliphatic carbocycles. The quantitative estimate of drug-likeness (QED) is 0.610. The summed E-state index contributed by atoms with van der Waals surface area (Å²) < 4.78 is 0. The molecule has 0 saturated heterocycles. The zero-order valence-corrected chi connectivity index (χ0v) is 9.97. The average molecular weight is 236 g/mol. The monoisotopic (exact) mass is 236 g/mol. The number of rotatable bonds is 1. The molecule has 0 heterocycles. The minimum absolute atomic E-state index is 0.227. The molecule has 88 valence electrons. The van der Waals surface area contributed by atoms with Crippen LogP contribution in [0.15, 0.2) is 42.5 Å². The van der Waals surface area contributed by atoms with Crippen molar-refractivity contribution in [3.63, 3.8) is 0 Å². The van der Waals surface area contributed by atoms with Crippen molar-refractivity contribution in [2.75, 3.05) is 0 Å². The van der Waals surface area contributed by atoms with E-state index in [-0.39, 0.29) is 5.75 Å². The second kappa shape index (κ2) is 5.20. The molecule has 2 aromatic carbocycles. The van der Waals surface area contributed by atoms with Crippen molar-refractivity contribution in [2.45, 2.75) is 6.92 Å². The lowest BCUT2D eigenvalue weighted by Gasteiger charge is -1.98. The number of aromatic hydroxyl groups is 1. The summed E-state index contributed by atoms with van der Waals surface area (Å²) in [6.07, 6.45) is 0.788. The minimum atomic E-state index is 0.227. The van der Waals surface area contributed by atoms with Crippen molar-refractivity contribution in [3.8, 4) is 17.6 Å². The highest BCUT2D eigenvalue weighted by atomic mass is 16.3. The second-order valence-corrected chi connectivity index (χ2v) is 3.96. The fraction of sp³-hybridized carbons (Fsp3) is 0.0625. The molecule has 2 nitrogen and oxygen atoms in total. The molecule has 0 amide bonds. The van der Waals surface area contributed by atoms with Gasteiger partial charge >= 0.3 is 0 Å². The van der Waals surface area contributed by atoms with Gasteiger partial charge in [0, 0.05) is 16.7 Å². The van der Waals surface area contributed by atoms with E-state index >= 15 is 0 Å². The molecule has 18 heavy (non-hydrogen) atoms. The maximum atomic E-state index is 10.8. The van der Waals surface area contributed by atoms with Crippen LogP contribution in [0.5, 0.6) is 5.75 Å². The summed E-state index contributed by atoms with van der Waals surface area (Å²) in [5.41, 5.74) is 2.79. The molecule has 0 radical (unpaired) electrons. The van der Waals surface area contributed by atoms with E-state index in [0.717, 1.165) is 17.4 Å². The van der Waals surface area contributed by atoms with Gasteiger partial charge in [-0.2, -0.15) is 0 Å². The number of phenols is 1. The number of carbonyl (C=O) groups excluding carboxylic acids is 1. The lowest BCUT2D eigenvalue weighted by Crippen LogP contribution is -1.86. The van der Waals surface area contributed by atoms with Gasteiger partial charge in [-0.15, -0.1) is 0 Å². The normalized spacial score (nSPS) is 9.39. The van der Waals surface area contributed by atoms with Crippen LogP contribution >= 0.6 is 0 Å². The van der Waals surface area contributed by atoms with Crippen molar-refractivity contribution in [1.82, 2.24) is 0 Å². The maximum Gasteiger partial charge on any atom is 0.151 e. The summed E-state index contributed by atoms with van der Waals surface area (Å²) >= 11 is 0. The first-order valence-electron chi connectivity index (χ1n) is 5.56. The highest BCUT2D eigenvalue weighted by Gasteiger charge is 1.97. The number of aldehydes is 1. The van der Waals surface area contributed by atoms with Crippen LogP contribution in [-0.2, 0) is 0 Å². The molecule has 0 atom stereocenters. The maximum absolute atomic E-state index is 10.8. The van der Waals surface area contributed by atoms with Gasteiger partial charge in [-0.05, 0) is 30.7 Å². The molecule has 2 aromatic rings. The van der Waals surface area contributed by atoms with Crippen LogP contribution in [-0.4, -0.2) is 11.4 Å². The Morgan fingerprint density at radius 1 is 1.11 bits per heavy atom. The Kier molecular flexibility index (Phi) is 3.45. The summed E-state index contributed by atoms with van der Waals surface area (Å²) in [5, 5.41) is 9.57. The van der Waals surface area contributed by atoms with Gasteiger partial charge in [0.1, 0.15) is 5.75 Å². The first-order chi connectivity index (χ1) is 8.70. The van der Waals surface area contributed by atoms with E-state index in [1.807, 2.05) is 25.1 Å². The molecule has 0 aromatic heterocycles. The zero-order chi connectivity index (χ0) is 13.0. The van der Waals surface area contributed by atoms with Gasteiger partial charge in [0.25, 0.3) is 0 Å². The Balaban J connectivity index is 2.36. The van der Waals surface area contributed by atoms with Crippen molar-refractivity contribution >= 4 is 6.29 Å². The molecule has 1 N–H and O–H groups in total. The molecule has 0 fully saturated rings. The minimum Gasteiger partial charge on any atom is -0.508 e. The van der Waals surface area contributed by atoms with Gasteiger partial charge in [0.05, 0.1) is 0 Å². The molecule has 0 unspecified atom stereocenters. The zero-order valence-electron chi connectivity index (χ0n) is 9.97. The number of aryl methyl sites for hydroxylation is 1. The molecular formula is C16H12O2. The van der Waals surface area contributed by atoms with E-state index in [1.54, 1.807) is 24.3 Å². The van der Waals surface area contributed by atoms with Crippen LogP contribution in [0.25, 0.3) is 0 Å². The molecular weight excluding hydrogens is 224 g/mol. The van der Waals surface area contributed by atoms with Gasteiger partial charge < -0.3 is 5.11 Å². The first kappa shape index (κ1) is 11.9. The van der Waals surface area contributed by atoms with Gasteiger partial charge in [-0.1, -0.05) is 36.1 Å². The van der Waals surface area contributed by atoms with E-state index in [0.29, 0.717) is 11.1 Å². The lowest BCUT2D eigenvalue weighted by atomic mass is 10.1. The Morgan fingerprint density at radius 2 is 1.89 bits per heavy atom. The second-order valence-electron chi connectivity index (χ2n) is 3.96. The smallest absolute Gasteiger partial charge is 0.151 e. The van der Waals surface area contributed by atoms with Gasteiger partial charge in [0.2, 0.25) is 0 Å². The van der Waals surface area contributed by atoms with E-state index in [1.165, 1.54) is 0 Å². The third-order valence-electron chi connectivity index (χ3n) is 2.64. The molecule has 0 saturated carbocycles. The fourth-order valence-corrected chi connectivity index (χ4v) is 1.54.